The number of hydrogen-bond donors (Lipinski definition) is 1. The average molecular weight is 385 g/mol. The summed E-state index contributed by atoms with van der Waals surface area (Å²) in [6.45, 7) is 5.85. The van der Waals surface area contributed by atoms with Gasteiger partial charge in [0.15, 0.2) is 6.10 Å². The van der Waals surface area contributed by atoms with Gasteiger partial charge in [0.1, 0.15) is 11.5 Å². The van der Waals surface area contributed by atoms with Gasteiger partial charge in [0, 0.05) is 6.42 Å². The van der Waals surface area contributed by atoms with Crippen molar-refractivity contribution >= 4 is 17.6 Å². The van der Waals surface area contributed by atoms with Gasteiger partial charge in [-0.25, -0.2) is 0 Å². The minimum absolute atomic E-state index is 0.178. The SMILES string of the molecule is COc1ccc(C)cc1NC(=O)[C@@H](C)OC(=O)CCCOc1cccc(C)c1. The highest BCUT2D eigenvalue weighted by atomic mass is 16.5. The molecule has 150 valence electrons. The number of benzene rings is 2. The van der Waals surface area contributed by atoms with Crippen LogP contribution in [-0.4, -0.2) is 31.7 Å². The quantitative estimate of drug-likeness (QED) is 0.521. The number of hydrogen-bond acceptors (Lipinski definition) is 5. The number of amides is 1. The van der Waals surface area contributed by atoms with Crippen LogP contribution in [0.4, 0.5) is 5.69 Å². The smallest absolute Gasteiger partial charge is 0.306 e. The lowest BCUT2D eigenvalue weighted by Crippen LogP contribution is -2.30. The van der Waals surface area contributed by atoms with Crippen LogP contribution in [0.15, 0.2) is 42.5 Å². The van der Waals surface area contributed by atoms with Gasteiger partial charge < -0.3 is 19.5 Å². The van der Waals surface area contributed by atoms with Crippen molar-refractivity contribution in [3.63, 3.8) is 0 Å². The van der Waals surface area contributed by atoms with Crippen LogP contribution < -0.4 is 14.8 Å². The average Bonchev–Trinajstić information content (AvgIpc) is 2.65. The predicted molar refractivity (Wildman–Crippen MR) is 108 cm³/mol. The Labute approximate surface area is 165 Å². The standard InChI is InChI=1S/C22H27NO5/c1-15-7-5-8-18(13-15)27-12-6-9-21(24)28-17(3)22(25)23-19-14-16(2)10-11-20(19)26-4/h5,7-8,10-11,13-14,17H,6,9,12H2,1-4H3,(H,23,25)/t17-/m1/s1. The van der Waals surface area contributed by atoms with Crippen LogP contribution in [0.2, 0.25) is 0 Å². The van der Waals surface area contributed by atoms with E-state index in [1.165, 1.54) is 7.11 Å². The molecule has 6 nitrogen and oxygen atoms in total. The summed E-state index contributed by atoms with van der Waals surface area (Å²) in [5.74, 6) is 0.471. The lowest BCUT2D eigenvalue weighted by molar-refractivity contribution is -0.153. The van der Waals surface area contributed by atoms with Gasteiger partial charge in [0.2, 0.25) is 0 Å². The first-order valence-corrected chi connectivity index (χ1v) is 9.23. The zero-order valence-electron chi connectivity index (χ0n) is 16.8. The monoisotopic (exact) mass is 385 g/mol. The molecule has 2 aromatic rings. The molecule has 0 unspecified atom stereocenters. The van der Waals surface area contributed by atoms with Crippen molar-refractivity contribution in [2.75, 3.05) is 19.0 Å². The zero-order chi connectivity index (χ0) is 20.5. The van der Waals surface area contributed by atoms with E-state index >= 15 is 0 Å². The molecule has 2 aromatic carbocycles. The summed E-state index contributed by atoms with van der Waals surface area (Å²) < 4.78 is 16.1. The molecule has 0 fully saturated rings. The fraction of sp³-hybridized carbons (Fsp3) is 0.364. The summed E-state index contributed by atoms with van der Waals surface area (Å²) in [4.78, 5) is 24.3. The number of aryl methyl sites for hydroxylation is 2. The van der Waals surface area contributed by atoms with Gasteiger partial charge in [-0.1, -0.05) is 18.2 Å². The molecule has 0 radical (unpaired) electrons. The van der Waals surface area contributed by atoms with Crippen LogP contribution >= 0.6 is 0 Å². The molecule has 28 heavy (non-hydrogen) atoms. The van der Waals surface area contributed by atoms with E-state index in [2.05, 4.69) is 5.32 Å². The highest BCUT2D eigenvalue weighted by Crippen LogP contribution is 2.25. The first-order chi connectivity index (χ1) is 13.4. The molecule has 6 heteroatoms. The van der Waals surface area contributed by atoms with Gasteiger partial charge >= 0.3 is 5.97 Å². The van der Waals surface area contributed by atoms with Crippen molar-refractivity contribution in [2.24, 2.45) is 0 Å². The Bertz CT molecular complexity index is 818. The van der Waals surface area contributed by atoms with Crippen LogP contribution in [0, 0.1) is 13.8 Å². The molecule has 0 spiro atoms. The van der Waals surface area contributed by atoms with Crippen LogP contribution in [-0.2, 0) is 14.3 Å². The van der Waals surface area contributed by atoms with Gasteiger partial charge in [0.25, 0.3) is 5.91 Å². The highest BCUT2D eigenvalue weighted by molar-refractivity contribution is 5.96. The summed E-state index contributed by atoms with van der Waals surface area (Å²) in [6, 6.07) is 13.2. The third kappa shape index (κ3) is 6.61. The summed E-state index contributed by atoms with van der Waals surface area (Å²) in [5, 5.41) is 2.74. The third-order valence-corrected chi connectivity index (χ3v) is 4.07. The fourth-order valence-electron chi connectivity index (χ4n) is 2.58. The minimum atomic E-state index is -0.907. The second-order valence-electron chi connectivity index (χ2n) is 6.59. The maximum Gasteiger partial charge on any atom is 0.306 e. The van der Waals surface area contributed by atoms with Crippen molar-refractivity contribution in [1.29, 1.82) is 0 Å². The molecule has 0 aliphatic heterocycles. The van der Waals surface area contributed by atoms with Crippen LogP contribution in [0.3, 0.4) is 0 Å². The Balaban J connectivity index is 1.75. The van der Waals surface area contributed by atoms with Crippen molar-refractivity contribution in [2.45, 2.75) is 39.7 Å². The normalized spacial score (nSPS) is 11.4. The van der Waals surface area contributed by atoms with Gasteiger partial charge in [-0.05, 0) is 62.6 Å². The number of carbonyl (C=O) groups is 2. The molecule has 1 amide bonds. The molecule has 0 aromatic heterocycles. The topological polar surface area (TPSA) is 73.9 Å². The number of methoxy groups -OCH3 is 1. The Kier molecular flexibility index (Phi) is 7.87. The number of anilines is 1. The molecule has 1 N–H and O–H groups in total. The molecule has 0 heterocycles. The number of carbonyl (C=O) groups excluding carboxylic acids is 2. The molecular weight excluding hydrogens is 358 g/mol. The number of esters is 1. The molecule has 0 aliphatic carbocycles. The van der Waals surface area contributed by atoms with E-state index in [1.807, 2.05) is 44.2 Å². The van der Waals surface area contributed by atoms with E-state index < -0.39 is 18.0 Å². The van der Waals surface area contributed by atoms with E-state index in [-0.39, 0.29) is 6.42 Å². The second kappa shape index (κ2) is 10.3. The Hall–Kier alpha value is -3.02. The summed E-state index contributed by atoms with van der Waals surface area (Å²) in [6.07, 6.45) is -0.222. The Morgan fingerprint density at radius 2 is 1.82 bits per heavy atom. The van der Waals surface area contributed by atoms with Gasteiger partial charge in [-0.15, -0.1) is 0 Å². The fourth-order valence-corrected chi connectivity index (χ4v) is 2.58. The number of nitrogens with one attached hydrogen (secondary N) is 1. The van der Waals surface area contributed by atoms with Crippen molar-refractivity contribution in [3.8, 4) is 11.5 Å². The third-order valence-electron chi connectivity index (χ3n) is 4.07. The minimum Gasteiger partial charge on any atom is -0.495 e. The van der Waals surface area contributed by atoms with Crippen LogP contribution in [0.25, 0.3) is 0 Å². The van der Waals surface area contributed by atoms with Crippen LogP contribution in [0.5, 0.6) is 11.5 Å². The van der Waals surface area contributed by atoms with E-state index in [9.17, 15) is 9.59 Å². The molecule has 0 saturated carbocycles. The van der Waals surface area contributed by atoms with Crippen molar-refractivity contribution < 1.29 is 23.8 Å². The second-order valence-corrected chi connectivity index (χ2v) is 6.59. The maximum atomic E-state index is 12.3. The van der Waals surface area contributed by atoms with Gasteiger partial charge in [-0.3, -0.25) is 9.59 Å². The largest absolute Gasteiger partial charge is 0.495 e. The lowest BCUT2D eigenvalue weighted by atomic mass is 10.2. The van der Waals surface area contributed by atoms with E-state index in [0.717, 1.165) is 16.9 Å². The van der Waals surface area contributed by atoms with E-state index in [4.69, 9.17) is 14.2 Å². The van der Waals surface area contributed by atoms with E-state index in [0.29, 0.717) is 24.5 Å². The Morgan fingerprint density at radius 1 is 1.07 bits per heavy atom. The zero-order valence-corrected chi connectivity index (χ0v) is 16.8. The molecule has 0 bridgehead atoms. The summed E-state index contributed by atoms with van der Waals surface area (Å²) in [5.41, 5.74) is 2.64. The van der Waals surface area contributed by atoms with Gasteiger partial charge in [-0.2, -0.15) is 0 Å². The molecule has 1 atom stereocenters. The number of rotatable bonds is 9. The molecular formula is C22H27NO5. The summed E-state index contributed by atoms with van der Waals surface area (Å²) >= 11 is 0. The van der Waals surface area contributed by atoms with Crippen molar-refractivity contribution in [3.05, 3.63) is 53.6 Å². The van der Waals surface area contributed by atoms with Crippen molar-refractivity contribution in [1.82, 2.24) is 0 Å². The highest BCUT2D eigenvalue weighted by Gasteiger charge is 2.19. The molecule has 2 rings (SSSR count). The maximum absolute atomic E-state index is 12.3. The molecule has 0 aliphatic rings. The first kappa shape index (κ1) is 21.3. The number of ether oxygens (including phenoxy) is 3. The van der Waals surface area contributed by atoms with E-state index in [1.54, 1.807) is 19.1 Å². The van der Waals surface area contributed by atoms with Gasteiger partial charge in [0.05, 0.1) is 19.4 Å². The Morgan fingerprint density at radius 3 is 2.54 bits per heavy atom. The predicted octanol–water partition coefficient (Wildman–Crippen LogP) is 4.04. The van der Waals surface area contributed by atoms with Crippen LogP contribution in [0.1, 0.15) is 30.9 Å². The first-order valence-electron chi connectivity index (χ1n) is 9.23. The summed E-state index contributed by atoms with van der Waals surface area (Å²) in [7, 11) is 1.53. The lowest BCUT2D eigenvalue weighted by Gasteiger charge is -2.15. The molecule has 0 saturated heterocycles.